The zero-order valence-electron chi connectivity index (χ0n) is 14.5. The Morgan fingerprint density at radius 2 is 2.08 bits per heavy atom. The van der Waals surface area contributed by atoms with Crippen LogP contribution in [0.1, 0.15) is 25.7 Å². The van der Waals surface area contributed by atoms with Crippen molar-refractivity contribution in [1.29, 1.82) is 0 Å². The van der Waals surface area contributed by atoms with E-state index in [1.54, 1.807) is 12.3 Å². The molecule has 1 aliphatic heterocycles. The minimum absolute atomic E-state index is 0.00306. The first-order chi connectivity index (χ1) is 12.7. The Hall–Kier alpha value is -2.90. The number of nitrogens with zero attached hydrogens (tertiary/aromatic N) is 3. The maximum atomic E-state index is 12.1. The van der Waals surface area contributed by atoms with Crippen LogP contribution in [0.2, 0.25) is 0 Å². The number of pyridine rings is 2. The molecular weight excluding hydrogens is 332 g/mol. The van der Waals surface area contributed by atoms with Gasteiger partial charge in [-0.3, -0.25) is 15.1 Å². The van der Waals surface area contributed by atoms with Crippen molar-refractivity contribution in [1.82, 2.24) is 20.6 Å². The van der Waals surface area contributed by atoms with E-state index < -0.39 is 0 Å². The van der Waals surface area contributed by atoms with Crippen LogP contribution in [0.5, 0.6) is 0 Å². The normalized spacial score (nSPS) is 18.0. The van der Waals surface area contributed by atoms with Gasteiger partial charge in [0.25, 0.3) is 0 Å². The van der Waals surface area contributed by atoms with Gasteiger partial charge in [-0.25, -0.2) is 9.78 Å². The molecule has 4 rings (SSSR count). The molecule has 2 aromatic heterocycles. The molecule has 8 nitrogen and oxygen atoms in total. The van der Waals surface area contributed by atoms with Crippen LogP contribution in [0, 0.1) is 0 Å². The maximum absolute atomic E-state index is 12.1. The summed E-state index contributed by atoms with van der Waals surface area (Å²) in [5, 5.41) is 8.59. The molecule has 1 saturated heterocycles. The molecular formula is C18H22N6O2. The molecule has 3 amide bonds. The average molecular weight is 354 g/mol. The lowest BCUT2D eigenvalue weighted by molar-refractivity contribution is -0.120. The number of hydrogen-bond donors (Lipinski definition) is 3. The number of aromatic nitrogens is 2. The smallest absolute Gasteiger partial charge is 0.320 e. The fourth-order valence-corrected chi connectivity index (χ4v) is 3.51. The van der Waals surface area contributed by atoms with E-state index in [0.29, 0.717) is 24.4 Å². The van der Waals surface area contributed by atoms with Crippen LogP contribution < -0.4 is 20.9 Å². The summed E-state index contributed by atoms with van der Waals surface area (Å²) in [6.45, 7) is 1.67. The minimum atomic E-state index is -0.222. The van der Waals surface area contributed by atoms with Crippen LogP contribution in [-0.4, -0.2) is 47.6 Å². The average Bonchev–Trinajstić information content (AvgIpc) is 3.14. The van der Waals surface area contributed by atoms with E-state index in [0.717, 1.165) is 30.6 Å². The van der Waals surface area contributed by atoms with Crippen LogP contribution >= 0.6 is 0 Å². The van der Waals surface area contributed by atoms with Crippen LogP contribution in [0.15, 0.2) is 24.4 Å². The summed E-state index contributed by atoms with van der Waals surface area (Å²) in [4.78, 5) is 34.6. The number of hydrogen-bond acceptors (Lipinski definition) is 5. The van der Waals surface area contributed by atoms with Gasteiger partial charge in [0.1, 0.15) is 5.82 Å². The molecule has 0 spiro atoms. The maximum Gasteiger partial charge on any atom is 0.320 e. The van der Waals surface area contributed by atoms with Crippen molar-refractivity contribution in [2.24, 2.45) is 0 Å². The predicted molar refractivity (Wildman–Crippen MR) is 99.2 cm³/mol. The molecule has 26 heavy (non-hydrogen) atoms. The third-order valence-electron chi connectivity index (χ3n) is 4.86. The van der Waals surface area contributed by atoms with Crippen LogP contribution in [-0.2, 0) is 4.79 Å². The first-order valence-corrected chi connectivity index (χ1v) is 9.03. The van der Waals surface area contributed by atoms with Gasteiger partial charge in [-0.2, -0.15) is 0 Å². The second-order valence-corrected chi connectivity index (χ2v) is 6.78. The van der Waals surface area contributed by atoms with Crippen LogP contribution in [0.3, 0.4) is 0 Å². The fraction of sp³-hybridized carbons (Fsp3) is 0.444. The molecule has 1 saturated carbocycles. The molecule has 2 aromatic rings. The molecule has 136 valence electrons. The Bertz CT molecular complexity index is 834. The van der Waals surface area contributed by atoms with E-state index in [2.05, 4.69) is 25.9 Å². The van der Waals surface area contributed by atoms with E-state index in [1.165, 1.54) is 12.8 Å². The molecule has 2 fully saturated rings. The van der Waals surface area contributed by atoms with Crippen molar-refractivity contribution in [3.8, 4) is 0 Å². The number of nitrogens with one attached hydrogen (secondary N) is 3. The van der Waals surface area contributed by atoms with Gasteiger partial charge in [-0.1, -0.05) is 12.8 Å². The van der Waals surface area contributed by atoms with Gasteiger partial charge >= 0.3 is 6.03 Å². The monoisotopic (exact) mass is 354 g/mol. The minimum Gasteiger partial charge on any atom is -0.359 e. The molecule has 0 bridgehead atoms. The van der Waals surface area contributed by atoms with Gasteiger partial charge in [-0.05, 0) is 31.0 Å². The van der Waals surface area contributed by atoms with Crippen molar-refractivity contribution in [3.05, 3.63) is 24.4 Å². The van der Waals surface area contributed by atoms with Gasteiger partial charge in [0.2, 0.25) is 5.91 Å². The van der Waals surface area contributed by atoms with E-state index in [4.69, 9.17) is 0 Å². The van der Waals surface area contributed by atoms with Crippen molar-refractivity contribution in [2.45, 2.75) is 31.7 Å². The molecule has 3 heterocycles. The topological polar surface area (TPSA) is 99.2 Å². The lowest BCUT2D eigenvalue weighted by Gasteiger charge is -2.28. The molecule has 0 radical (unpaired) electrons. The third kappa shape index (κ3) is 3.68. The summed E-state index contributed by atoms with van der Waals surface area (Å²) >= 11 is 0. The van der Waals surface area contributed by atoms with Crippen LogP contribution in [0.4, 0.5) is 16.3 Å². The molecule has 0 unspecified atom stereocenters. The predicted octanol–water partition coefficient (Wildman–Crippen LogP) is 1.63. The number of carbonyl (C=O) groups excluding carboxylic acids is 2. The van der Waals surface area contributed by atoms with E-state index >= 15 is 0 Å². The number of carbonyl (C=O) groups is 2. The second-order valence-electron chi connectivity index (χ2n) is 6.78. The lowest BCUT2D eigenvalue weighted by Crippen LogP contribution is -2.47. The molecule has 3 N–H and O–H groups in total. The first-order valence-electron chi connectivity index (χ1n) is 9.03. The van der Waals surface area contributed by atoms with Crippen molar-refractivity contribution in [3.63, 3.8) is 0 Å². The van der Waals surface area contributed by atoms with Crippen molar-refractivity contribution in [2.75, 3.05) is 29.9 Å². The highest BCUT2D eigenvalue weighted by atomic mass is 16.2. The highest BCUT2D eigenvalue weighted by Crippen LogP contribution is 2.21. The van der Waals surface area contributed by atoms with Gasteiger partial charge < -0.3 is 15.5 Å². The Balaban J connectivity index is 1.49. The fourth-order valence-electron chi connectivity index (χ4n) is 3.51. The van der Waals surface area contributed by atoms with Gasteiger partial charge in [0.15, 0.2) is 0 Å². The number of piperazine rings is 1. The Labute approximate surface area is 151 Å². The summed E-state index contributed by atoms with van der Waals surface area (Å²) in [6.07, 6.45) is 6.16. The van der Waals surface area contributed by atoms with Crippen molar-refractivity contribution < 1.29 is 9.59 Å². The third-order valence-corrected chi connectivity index (χ3v) is 4.86. The Morgan fingerprint density at radius 3 is 2.88 bits per heavy atom. The summed E-state index contributed by atoms with van der Waals surface area (Å²) in [7, 11) is 0. The quantitative estimate of drug-likeness (QED) is 0.778. The molecule has 0 aromatic carbocycles. The number of fused-ring (bicyclic) bond motifs is 1. The number of urea groups is 1. The highest BCUT2D eigenvalue weighted by Gasteiger charge is 2.18. The standard InChI is InChI=1S/C18H22N6O2/c25-17-11-24(8-7-19-17)13-9-15-14(20-10-13)5-6-16(22-15)23-18(26)21-12-3-1-2-4-12/h5-6,9-10,12H,1-4,7-8,11H2,(H,19,25)(H2,21,22,23,26). The molecule has 0 atom stereocenters. The molecule has 2 aliphatic rings. The zero-order valence-corrected chi connectivity index (χ0v) is 14.5. The second kappa shape index (κ2) is 7.15. The number of amides is 3. The lowest BCUT2D eigenvalue weighted by atomic mass is 10.2. The molecule has 1 aliphatic carbocycles. The number of rotatable bonds is 3. The Kier molecular flexibility index (Phi) is 4.55. The van der Waals surface area contributed by atoms with Gasteiger partial charge in [0, 0.05) is 19.1 Å². The van der Waals surface area contributed by atoms with E-state index in [-0.39, 0.29) is 18.0 Å². The summed E-state index contributed by atoms with van der Waals surface area (Å²) in [6, 6.07) is 5.52. The van der Waals surface area contributed by atoms with E-state index in [9.17, 15) is 9.59 Å². The Morgan fingerprint density at radius 1 is 1.23 bits per heavy atom. The van der Waals surface area contributed by atoms with E-state index in [1.807, 2.05) is 17.0 Å². The summed E-state index contributed by atoms with van der Waals surface area (Å²) in [5.41, 5.74) is 2.29. The summed E-state index contributed by atoms with van der Waals surface area (Å²) < 4.78 is 0. The zero-order chi connectivity index (χ0) is 17.9. The van der Waals surface area contributed by atoms with Crippen LogP contribution in [0.25, 0.3) is 11.0 Å². The summed E-state index contributed by atoms with van der Waals surface area (Å²) in [5.74, 6) is 0.492. The number of anilines is 2. The first kappa shape index (κ1) is 16.6. The van der Waals surface area contributed by atoms with Crippen molar-refractivity contribution >= 4 is 34.5 Å². The van der Waals surface area contributed by atoms with Gasteiger partial charge in [-0.15, -0.1) is 0 Å². The SMILES string of the molecule is O=C1CN(c2cnc3ccc(NC(=O)NC4CCCC4)nc3c2)CCN1. The highest BCUT2D eigenvalue weighted by molar-refractivity contribution is 5.90. The largest absolute Gasteiger partial charge is 0.359 e. The van der Waals surface area contributed by atoms with Gasteiger partial charge in [0.05, 0.1) is 29.5 Å². The molecule has 8 heteroatoms.